The molecular weight excluding hydrogens is 272 g/mol. The number of nitrogens with zero attached hydrogens (tertiary/aromatic N) is 4. The molecular formula is C15H21ClN4. The molecule has 1 aliphatic rings. The molecule has 0 aliphatic heterocycles. The first-order chi connectivity index (χ1) is 9.66. The van der Waals surface area contributed by atoms with Gasteiger partial charge in [0, 0.05) is 18.3 Å². The molecule has 2 aromatic rings. The summed E-state index contributed by atoms with van der Waals surface area (Å²) < 4.78 is 2.29. The van der Waals surface area contributed by atoms with Crippen molar-refractivity contribution in [1.29, 1.82) is 0 Å². The highest BCUT2D eigenvalue weighted by atomic mass is 35.5. The van der Waals surface area contributed by atoms with E-state index >= 15 is 0 Å². The Kier molecular flexibility index (Phi) is 3.69. The molecule has 20 heavy (non-hydrogen) atoms. The topological polar surface area (TPSA) is 34.0 Å². The maximum atomic E-state index is 6.10. The quantitative estimate of drug-likeness (QED) is 0.812. The lowest BCUT2D eigenvalue weighted by molar-refractivity contribution is 0.134. The number of hydrogen-bond donors (Lipinski definition) is 0. The molecule has 0 radical (unpaired) electrons. The third kappa shape index (κ3) is 2.21. The summed E-state index contributed by atoms with van der Waals surface area (Å²) >= 11 is 6.10. The van der Waals surface area contributed by atoms with Crippen LogP contribution in [0.25, 0.3) is 11.0 Å². The largest absolute Gasteiger partial charge is 0.325 e. The highest BCUT2D eigenvalue weighted by molar-refractivity contribution is 6.16. The Balaban J connectivity index is 2.05. The van der Waals surface area contributed by atoms with Gasteiger partial charge in [0.1, 0.15) is 11.3 Å². The lowest BCUT2D eigenvalue weighted by atomic mass is 9.95. The molecule has 0 aromatic carbocycles. The minimum atomic E-state index is 0.234. The lowest BCUT2D eigenvalue weighted by Crippen LogP contribution is -2.45. The van der Waals surface area contributed by atoms with Gasteiger partial charge in [0.05, 0.1) is 17.6 Å². The van der Waals surface area contributed by atoms with Crippen LogP contribution in [0.15, 0.2) is 18.5 Å². The van der Waals surface area contributed by atoms with E-state index in [0.29, 0.717) is 5.88 Å². The highest BCUT2D eigenvalue weighted by Crippen LogP contribution is 2.36. The Hall–Kier alpha value is -1.13. The third-order valence-electron chi connectivity index (χ3n) is 4.68. The minimum absolute atomic E-state index is 0.234. The van der Waals surface area contributed by atoms with Crippen LogP contribution in [0, 0.1) is 0 Å². The summed E-state index contributed by atoms with van der Waals surface area (Å²) in [7, 11) is 4.37. The van der Waals surface area contributed by atoms with E-state index in [1.807, 2.05) is 18.5 Å². The maximum Gasteiger partial charge on any atom is 0.124 e. The fourth-order valence-electron chi connectivity index (χ4n) is 3.38. The second kappa shape index (κ2) is 5.34. The summed E-state index contributed by atoms with van der Waals surface area (Å²) in [6.07, 6.45) is 8.75. The zero-order valence-corrected chi connectivity index (χ0v) is 12.9. The second-order valence-corrected chi connectivity index (χ2v) is 6.21. The number of rotatable bonds is 4. The zero-order chi connectivity index (χ0) is 14.2. The molecule has 0 amide bonds. The van der Waals surface area contributed by atoms with Gasteiger partial charge in [-0.1, -0.05) is 12.8 Å². The normalized spacial score (nSPS) is 18.2. The van der Waals surface area contributed by atoms with Crippen LogP contribution in [-0.4, -0.2) is 39.1 Å². The summed E-state index contributed by atoms with van der Waals surface area (Å²) in [5.74, 6) is 1.39. The van der Waals surface area contributed by atoms with Crippen LogP contribution in [0.2, 0.25) is 0 Å². The smallest absolute Gasteiger partial charge is 0.124 e. The first kappa shape index (κ1) is 13.8. The molecule has 1 fully saturated rings. The van der Waals surface area contributed by atoms with Crippen LogP contribution in [0.5, 0.6) is 0 Å². The van der Waals surface area contributed by atoms with Crippen LogP contribution >= 0.6 is 11.6 Å². The van der Waals surface area contributed by atoms with E-state index in [4.69, 9.17) is 11.6 Å². The van der Waals surface area contributed by atoms with Gasteiger partial charge in [0.2, 0.25) is 0 Å². The molecule has 108 valence electrons. The molecule has 3 rings (SSSR count). The number of aromatic nitrogens is 3. The van der Waals surface area contributed by atoms with E-state index in [9.17, 15) is 0 Å². The molecule has 2 heterocycles. The van der Waals surface area contributed by atoms with Crippen LogP contribution < -0.4 is 0 Å². The third-order valence-corrected chi connectivity index (χ3v) is 4.92. The standard InChI is InChI=1S/C15H21ClN4/c1-19(2)15(6-3-4-7-15)11-20-13-5-8-17-10-12(13)18-14(20)9-16/h5,8,10H,3-4,6-7,9,11H2,1-2H3. The van der Waals surface area contributed by atoms with Crippen molar-refractivity contribution in [3.05, 3.63) is 24.3 Å². The number of pyridine rings is 1. The second-order valence-electron chi connectivity index (χ2n) is 5.94. The first-order valence-electron chi connectivity index (χ1n) is 7.19. The molecule has 0 N–H and O–H groups in total. The summed E-state index contributed by atoms with van der Waals surface area (Å²) in [6, 6.07) is 2.04. The fraction of sp³-hybridized carbons (Fsp3) is 0.600. The van der Waals surface area contributed by atoms with E-state index in [-0.39, 0.29) is 5.54 Å². The summed E-state index contributed by atoms with van der Waals surface area (Å²) in [5, 5.41) is 0. The van der Waals surface area contributed by atoms with Gasteiger partial charge in [-0.05, 0) is 33.0 Å². The average molecular weight is 293 g/mol. The van der Waals surface area contributed by atoms with E-state index < -0.39 is 0 Å². The van der Waals surface area contributed by atoms with E-state index in [0.717, 1.165) is 23.4 Å². The molecule has 0 spiro atoms. The van der Waals surface area contributed by atoms with Crippen LogP contribution in [0.3, 0.4) is 0 Å². The van der Waals surface area contributed by atoms with Crippen molar-refractivity contribution in [1.82, 2.24) is 19.4 Å². The number of imidazole rings is 1. The monoisotopic (exact) mass is 292 g/mol. The van der Waals surface area contributed by atoms with E-state index in [1.165, 1.54) is 25.7 Å². The molecule has 4 nitrogen and oxygen atoms in total. The Morgan fingerprint density at radius 2 is 2.10 bits per heavy atom. The number of likely N-dealkylation sites (N-methyl/N-ethyl adjacent to an activating group) is 1. The molecule has 0 bridgehead atoms. The van der Waals surface area contributed by atoms with Crippen molar-refractivity contribution in [2.45, 2.75) is 43.6 Å². The molecule has 0 unspecified atom stereocenters. The van der Waals surface area contributed by atoms with Gasteiger partial charge in [-0.2, -0.15) is 0 Å². The van der Waals surface area contributed by atoms with Gasteiger partial charge >= 0.3 is 0 Å². The van der Waals surface area contributed by atoms with Crippen molar-refractivity contribution in [2.75, 3.05) is 14.1 Å². The van der Waals surface area contributed by atoms with Crippen molar-refractivity contribution in [3.8, 4) is 0 Å². The van der Waals surface area contributed by atoms with Crippen molar-refractivity contribution >= 4 is 22.6 Å². The molecule has 1 aliphatic carbocycles. The number of halogens is 1. The predicted molar refractivity (Wildman–Crippen MR) is 82.0 cm³/mol. The Morgan fingerprint density at radius 1 is 1.35 bits per heavy atom. The summed E-state index contributed by atoms with van der Waals surface area (Å²) in [6.45, 7) is 0.961. The van der Waals surface area contributed by atoms with Gasteiger partial charge in [-0.15, -0.1) is 11.6 Å². The number of fused-ring (bicyclic) bond motifs is 1. The Bertz CT molecular complexity index is 599. The van der Waals surface area contributed by atoms with E-state index in [2.05, 4.69) is 33.5 Å². The Morgan fingerprint density at radius 3 is 2.75 bits per heavy atom. The van der Waals surface area contributed by atoms with Gasteiger partial charge in [-0.25, -0.2) is 4.98 Å². The van der Waals surface area contributed by atoms with E-state index in [1.54, 1.807) is 0 Å². The average Bonchev–Trinajstić information content (AvgIpc) is 3.05. The van der Waals surface area contributed by atoms with Gasteiger partial charge in [-0.3, -0.25) is 4.98 Å². The molecule has 2 aromatic heterocycles. The SMILES string of the molecule is CN(C)C1(Cn2c(CCl)nc3cnccc32)CCCC1. The highest BCUT2D eigenvalue weighted by Gasteiger charge is 2.37. The van der Waals surface area contributed by atoms with Crippen molar-refractivity contribution in [3.63, 3.8) is 0 Å². The number of alkyl halides is 1. The molecule has 5 heteroatoms. The van der Waals surface area contributed by atoms with Gasteiger partial charge in [0.15, 0.2) is 0 Å². The van der Waals surface area contributed by atoms with Crippen LogP contribution in [0.4, 0.5) is 0 Å². The Labute approximate surface area is 124 Å². The molecule has 0 atom stereocenters. The molecule has 1 saturated carbocycles. The van der Waals surface area contributed by atoms with Crippen LogP contribution in [0.1, 0.15) is 31.5 Å². The summed E-state index contributed by atoms with van der Waals surface area (Å²) in [4.78, 5) is 11.2. The van der Waals surface area contributed by atoms with Crippen molar-refractivity contribution < 1.29 is 0 Å². The van der Waals surface area contributed by atoms with Crippen LogP contribution in [-0.2, 0) is 12.4 Å². The van der Waals surface area contributed by atoms with Gasteiger partial charge < -0.3 is 9.47 Å². The fourth-order valence-corrected chi connectivity index (χ4v) is 3.59. The summed E-state index contributed by atoms with van der Waals surface area (Å²) in [5.41, 5.74) is 2.32. The maximum absolute atomic E-state index is 6.10. The van der Waals surface area contributed by atoms with Gasteiger partial charge in [0.25, 0.3) is 0 Å². The lowest BCUT2D eigenvalue weighted by Gasteiger charge is -2.37. The zero-order valence-electron chi connectivity index (χ0n) is 12.1. The number of hydrogen-bond acceptors (Lipinski definition) is 3. The molecule has 0 saturated heterocycles. The predicted octanol–water partition coefficient (Wildman–Crippen LogP) is 3.04. The van der Waals surface area contributed by atoms with Crippen molar-refractivity contribution in [2.24, 2.45) is 0 Å². The first-order valence-corrected chi connectivity index (χ1v) is 7.72. The minimum Gasteiger partial charge on any atom is -0.325 e.